The molecule has 1 aliphatic heterocycles. The molecule has 1 N–H and O–H groups in total. The monoisotopic (exact) mass is 366 g/mol. The first-order chi connectivity index (χ1) is 13.0. The fourth-order valence-electron chi connectivity index (χ4n) is 3.13. The van der Waals surface area contributed by atoms with Crippen molar-refractivity contribution in [3.05, 3.63) is 54.1 Å². The van der Waals surface area contributed by atoms with Crippen molar-refractivity contribution in [2.75, 3.05) is 23.4 Å². The van der Waals surface area contributed by atoms with Crippen molar-refractivity contribution in [1.82, 2.24) is 0 Å². The molecule has 0 radical (unpaired) electrons. The highest BCUT2D eigenvalue weighted by Gasteiger charge is 2.19. The van der Waals surface area contributed by atoms with Crippen molar-refractivity contribution in [3.8, 4) is 5.75 Å². The van der Waals surface area contributed by atoms with E-state index in [1.807, 2.05) is 48.5 Å². The molecule has 0 spiro atoms. The standard InChI is InChI=1S/C22H26N2O3/c1-16(2)17-9-11-20(12-10-17)27-15-21(25)23-18-6-5-7-19(14-18)24-13-4-3-8-22(24)26/h5-7,9-12,14,16H,3-4,8,13,15H2,1-2H3,(H,23,25). The number of carbonyl (C=O) groups excluding carboxylic acids is 2. The van der Waals surface area contributed by atoms with Crippen molar-refractivity contribution in [3.63, 3.8) is 0 Å². The lowest BCUT2D eigenvalue weighted by Gasteiger charge is -2.27. The van der Waals surface area contributed by atoms with Gasteiger partial charge in [-0.1, -0.05) is 32.0 Å². The van der Waals surface area contributed by atoms with E-state index in [4.69, 9.17) is 4.74 Å². The van der Waals surface area contributed by atoms with Crippen molar-refractivity contribution in [2.45, 2.75) is 39.0 Å². The Balaban J connectivity index is 1.56. The molecule has 2 aromatic carbocycles. The van der Waals surface area contributed by atoms with Gasteiger partial charge in [-0.15, -0.1) is 0 Å². The van der Waals surface area contributed by atoms with Gasteiger partial charge < -0.3 is 15.0 Å². The van der Waals surface area contributed by atoms with Crippen LogP contribution in [0.5, 0.6) is 5.75 Å². The zero-order chi connectivity index (χ0) is 19.2. The topological polar surface area (TPSA) is 58.6 Å². The van der Waals surface area contributed by atoms with Gasteiger partial charge in [-0.2, -0.15) is 0 Å². The van der Waals surface area contributed by atoms with Crippen LogP contribution in [-0.4, -0.2) is 25.0 Å². The molecule has 1 saturated heterocycles. The summed E-state index contributed by atoms with van der Waals surface area (Å²) in [5.41, 5.74) is 2.72. The maximum absolute atomic E-state index is 12.2. The number of nitrogens with zero attached hydrogens (tertiary/aromatic N) is 1. The molecule has 2 amide bonds. The number of hydrogen-bond donors (Lipinski definition) is 1. The molecule has 0 atom stereocenters. The Morgan fingerprint density at radius 1 is 1.15 bits per heavy atom. The summed E-state index contributed by atoms with van der Waals surface area (Å²) in [6.07, 6.45) is 2.53. The van der Waals surface area contributed by atoms with Crippen LogP contribution in [0.3, 0.4) is 0 Å². The first-order valence-corrected chi connectivity index (χ1v) is 9.46. The summed E-state index contributed by atoms with van der Waals surface area (Å²) in [7, 11) is 0. The van der Waals surface area contributed by atoms with Crippen LogP contribution in [0.1, 0.15) is 44.6 Å². The minimum atomic E-state index is -0.231. The Hall–Kier alpha value is -2.82. The van der Waals surface area contributed by atoms with Gasteiger partial charge in [0, 0.05) is 24.3 Å². The molecule has 1 aliphatic rings. The van der Waals surface area contributed by atoms with Gasteiger partial charge in [0.1, 0.15) is 5.75 Å². The molecule has 0 bridgehead atoms. The number of anilines is 2. The Kier molecular flexibility index (Phi) is 6.12. The molecule has 5 heteroatoms. The molecule has 5 nitrogen and oxygen atoms in total. The van der Waals surface area contributed by atoms with Crippen LogP contribution in [0.4, 0.5) is 11.4 Å². The van der Waals surface area contributed by atoms with Crippen molar-refractivity contribution in [1.29, 1.82) is 0 Å². The van der Waals surface area contributed by atoms with Crippen LogP contribution in [0.2, 0.25) is 0 Å². The molecule has 0 saturated carbocycles. The number of ether oxygens (including phenoxy) is 1. The van der Waals surface area contributed by atoms with Crippen LogP contribution in [0.15, 0.2) is 48.5 Å². The largest absolute Gasteiger partial charge is 0.484 e. The third kappa shape index (κ3) is 5.09. The van der Waals surface area contributed by atoms with Crippen LogP contribution in [0, 0.1) is 0 Å². The first-order valence-electron chi connectivity index (χ1n) is 9.46. The first kappa shape index (κ1) is 19.0. The summed E-state index contributed by atoms with van der Waals surface area (Å²) < 4.78 is 5.56. The minimum absolute atomic E-state index is 0.0616. The average Bonchev–Trinajstić information content (AvgIpc) is 2.67. The summed E-state index contributed by atoms with van der Waals surface area (Å²) in [5.74, 6) is 1.03. The Bertz CT molecular complexity index is 799. The van der Waals surface area contributed by atoms with Crippen LogP contribution in [0.25, 0.3) is 0 Å². The van der Waals surface area contributed by atoms with E-state index in [0.717, 1.165) is 25.1 Å². The number of rotatable bonds is 6. The number of benzene rings is 2. The van der Waals surface area contributed by atoms with Gasteiger partial charge in [0.05, 0.1) is 0 Å². The Morgan fingerprint density at radius 2 is 1.93 bits per heavy atom. The molecule has 142 valence electrons. The molecule has 0 aromatic heterocycles. The van der Waals surface area contributed by atoms with Gasteiger partial charge in [0.15, 0.2) is 6.61 Å². The second kappa shape index (κ2) is 8.71. The quantitative estimate of drug-likeness (QED) is 0.827. The van der Waals surface area contributed by atoms with Gasteiger partial charge in [-0.3, -0.25) is 9.59 Å². The van der Waals surface area contributed by atoms with E-state index in [1.165, 1.54) is 5.56 Å². The maximum atomic E-state index is 12.2. The van der Waals surface area contributed by atoms with E-state index in [1.54, 1.807) is 4.90 Å². The number of hydrogen-bond acceptors (Lipinski definition) is 3. The summed E-state index contributed by atoms with van der Waals surface area (Å²) in [5, 5.41) is 2.83. The summed E-state index contributed by atoms with van der Waals surface area (Å²) >= 11 is 0. The molecule has 1 fully saturated rings. The highest BCUT2D eigenvalue weighted by molar-refractivity contribution is 5.96. The van der Waals surface area contributed by atoms with Crippen LogP contribution in [-0.2, 0) is 9.59 Å². The van der Waals surface area contributed by atoms with Crippen molar-refractivity contribution in [2.24, 2.45) is 0 Å². The molecule has 0 aliphatic carbocycles. The van der Waals surface area contributed by atoms with E-state index in [2.05, 4.69) is 19.2 Å². The highest BCUT2D eigenvalue weighted by atomic mass is 16.5. The number of carbonyl (C=O) groups is 2. The van der Waals surface area contributed by atoms with Gasteiger partial charge >= 0.3 is 0 Å². The molecule has 2 aromatic rings. The lowest BCUT2D eigenvalue weighted by Crippen LogP contribution is -2.35. The number of nitrogens with one attached hydrogen (secondary N) is 1. The molecule has 1 heterocycles. The third-order valence-electron chi connectivity index (χ3n) is 4.68. The SMILES string of the molecule is CC(C)c1ccc(OCC(=O)Nc2cccc(N3CCCCC3=O)c2)cc1. The summed E-state index contributed by atoms with van der Waals surface area (Å²) in [6, 6.07) is 15.2. The fraction of sp³-hybridized carbons (Fsp3) is 0.364. The van der Waals surface area contributed by atoms with Gasteiger partial charge in [0.2, 0.25) is 5.91 Å². The predicted molar refractivity (Wildman–Crippen MR) is 107 cm³/mol. The number of piperidine rings is 1. The second-order valence-electron chi connectivity index (χ2n) is 7.11. The zero-order valence-corrected chi connectivity index (χ0v) is 15.9. The average molecular weight is 366 g/mol. The molecule has 0 unspecified atom stereocenters. The number of amides is 2. The Labute approximate surface area is 160 Å². The van der Waals surface area contributed by atoms with Gasteiger partial charge in [-0.25, -0.2) is 0 Å². The molecule has 3 rings (SSSR count). The molecule has 27 heavy (non-hydrogen) atoms. The summed E-state index contributed by atoms with van der Waals surface area (Å²) in [4.78, 5) is 26.1. The lowest BCUT2D eigenvalue weighted by atomic mass is 10.0. The summed E-state index contributed by atoms with van der Waals surface area (Å²) in [6.45, 7) is 4.93. The van der Waals surface area contributed by atoms with E-state index in [-0.39, 0.29) is 18.4 Å². The van der Waals surface area contributed by atoms with Crippen molar-refractivity contribution < 1.29 is 14.3 Å². The molecular formula is C22H26N2O3. The fourth-order valence-corrected chi connectivity index (χ4v) is 3.13. The smallest absolute Gasteiger partial charge is 0.262 e. The zero-order valence-electron chi connectivity index (χ0n) is 15.9. The lowest BCUT2D eigenvalue weighted by molar-refractivity contribution is -0.119. The van der Waals surface area contributed by atoms with Gasteiger partial charge in [0.25, 0.3) is 5.91 Å². The third-order valence-corrected chi connectivity index (χ3v) is 4.68. The minimum Gasteiger partial charge on any atom is -0.484 e. The van der Waals surface area contributed by atoms with E-state index < -0.39 is 0 Å². The highest BCUT2D eigenvalue weighted by Crippen LogP contribution is 2.24. The van der Waals surface area contributed by atoms with Crippen LogP contribution >= 0.6 is 0 Å². The van der Waals surface area contributed by atoms with E-state index in [0.29, 0.717) is 23.8 Å². The van der Waals surface area contributed by atoms with Crippen LogP contribution < -0.4 is 15.0 Å². The molecular weight excluding hydrogens is 340 g/mol. The predicted octanol–water partition coefficient (Wildman–Crippen LogP) is 4.34. The normalized spacial score (nSPS) is 14.3. The van der Waals surface area contributed by atoms with E-state index >= 15 is 0 Å². The Morgan fingerprint density at radius 3 is 2.63 bits per heavy atom. The van der Waals surface area contributed by atoms with E-state index in [9.17, 15) is 9.59 Å². The second-order valence-corrected chi connectivity index (χ2v) is 7.11. The maximum Gasteiger partial charge on any atom is 0.262 e. The van der Waals surface area contributed by atoms with Crippen molar-refractivity contribution >= 4 is 23.2 Å². The van der Waals surface area contributed by atoms with Gasteiger partial charge in [-0.05, 0) is 54.7 Å².